The summed E-state index contributed by atoms with van der Waals surface area (Å²) in [5.41, 5.74) is 0.537. The molecule has 1 N–H and O–H groups in total. The average molecular weight is 269 g/mol. The SMILES string of the molecule is OC1CC2(CCCOCC2)Oc2ccc(Cl)cc21. The summed E-state index contributed by atoms with van der Waals surface area (Å²) >= 11 is 5.96. The van der Waals surface area contributed by atoms with Crippen molar-refractivity contribution in [3.05, 3.63) is 28.8 Å². The number of ether oxygens (including phenoxy) is 2. The number of aliphatic hydroxyl groups excluding tert-OH is 1. The van der Waals surface area contributed by atoms with Gasteiger partial charge in [0.1, 0.15) is 11.4 Å². The van der Waals surface area contributed by atoms with Crippen LogP contribution in [0.2, 0.25) is 5.02 Å². The van der Waals surface area contributed by atoms with Crippen LogP contribution in [0.1, 0.15) is 37.4 Å². The van der Waals surface area contributed by atoms with Crippen LogP contribution in [0, 0.1) is 0 Å². The van der Waals surface area contributed by atoms with Crippen LogP contribution in [0.25, 0.3) is 0 Å². The minimum Gasteiger partial charge on any atom is -0.487 e. The Balaban J connectivity index is 1.92. The minimum atomic E-state index is -0.495. The number of hydrogen-bond donors (Lipinski definition) is 1. The summed E-state index contributed by atoms with van der Waals surface area (Å²) in [5.74, 6) is 0.764. The maximum Gasteiger partial charge on any atom is 0.126 e. The molecule has 3 nitrogen and oxygen atoms in total. The number of aliphatic hydroxyl groups is 1. The fraction of sp³-hybridized carbons (Fsp3) is 0.571. The molecule has 2 atom stereocenters. The van der Waals surface area contributed by atoms with E-state index >= 15 is 0 Å². The quantitative estimate of drug-likeness (QED) is 0.786. The lowest BCUT2D eigenvalue weighted by molar-refractivity contribution is -0.0271. The Labute approximate surface area is 112 Å². The first-order valence-corrected chi connectivity index (χ1v) is 6.81. The molecule has 0 radical (unpaired) electrons. The number of benzene rings is 1. The van der Waals surface area contributed by atoms with Crippen molar-refractivity contribution < 1.29 is 14.6 Å². The number of rotatable bonds is 0. The third-order valence-corrected chi connectivity index (χ3v) is 4.08. The first-order valence-electron chi connectivity index (χ1n) is 6.43. The Kier molecular flexibility index (Phi) is 3.22. The van der Waals surface area contributed by atoms with Gasteiger partial charge in [-0.3, -0.25) is 0 Å². The van der Waals surface area contributed by atoms with E-state index in [1.165, 1.54) is 0 Å². The van der Waals surface area contributed by atoms with Crippen LogP contribution < -0.4 is 4.74 Å². The second-order valence-electron chi connectivity index (χ2n) is 5.15. The van der Waals surface area contributed by atoms with E-state index < -0.39 is 6.10 Å². The Morgan fingerprint density at radius 2 is 2.17 bits per heavy atom. The van der Waals surface area contributed by atoms with Crippen molar-refractivity contribution in [2.45, 2.75) is 37.4 Å². The summed E-state index contributed by atoms with van der Waals surface area (Å²) in [6.45, 7) is 1.49. The average Bonchev–Trinajstić information content (AvgIpc) is 2.56. The summed E-state index contributed by atoms with van der Waals surface area (Å²) in [4.78, 5) is 0. The molecule has 2 heterocycles. The summed E-state index contributed by atoms with van der Waals surface area (Å²) in [6, 6.07) is 5.45. The van der Waals surface area contributed by atoms with Crippen molar-refractivity contribution in [3.63, 3.8) is 0 Å². The molecule has 3 rings (SSSR count). The van der Waals surface area contributed by atoms with E-state index in [0.717, 1.165) is 37.2 Å². The fourth-order valence-electron chi connectivity index (χ4n) is 2.90. The maximum absolute atomic E-state index is 10.3. The molecular formula is C14H17ClO3. The molecular weight excluding hydrogens is 252 g/mol. The second kappa shape index (κ2) is 4.72. The van der Waals surface area contributed by atoms with Crippen molar-refractivity contribution >= 4 is 11.6 Å². The van der Waals surface area contributed by atoms with Gasteiger partial charge in [-0.05, 0) is 31.0 Å². The molecule has 1 saturated heterocycles. The normalized spacial score (nSPS) is 31.6. The van der Waals surface area contributed by atoms with Gasteiger partial charge in [0.15, 0.2) is 0 Å². The van der Waals surface area contributed by atoms with E-state index in [0.29, 0.717) is 18.1 Å². The second-order valence-corrected chi connectivity index (χ2v) is 5.59. The minimum absolute atomic E-state index is 0.267. The third kappa shape index (κ3) is 2.22. The van der Waals surface area contributed by atoms with Crippen molar-refractivity contribution in [2.75, 3.05) is 13.2 Å². The van der Waals surface area contributed by atoms with E-state index in [-0.39, 0.29) is 5.60 Å². The molecule has 0 amide bonds. The Hall–Kier alpha value is -0.770. The molecule has 1 aromatic rings. The van der Waals surface area contributed by atoms with Crippen molar-refractivity contribution in [2.24, 2.45) is 0 Å². The number of fused-ring (bicyclic) bond motifs is 1. The highest BCUT2D eigenvalue weighted by molar-refractivity contribution is 6.30. The van der Waals surface area contributed by atoms with Gasteiger partial charge in [-0.2, -0.15) is 0 Å². The summed E-state index contributed by atoms with van der Waals surface area (Å²) in [5, 5.41) is 11.0. The zero-order valence-corrected chi connectivity index (χ0v) is 10.9. The molecule has 1 fully saturated rings. The van der Waals surface area contributed by atoms with Crippen LogP contribution in [0.3, 0.4) is 0 Å². The van der Waals surface area contributed by atoms with Gasteiger partial charge in [0.25, 0.3) is 0 Å². The van der Waals surface area contributed by atoms with Crippen molar-refractivity contribution in [3.8, 4) is 5.75 Å². The highest BCUT2D eigenvalue weighted by Gasteiger charge is 2.40. The van der Waals surface area contributed by atoms with E-state index in [4.69, 9.17) is 21.1 Å². The predicted octanol–water partition coefficient (Wildman–Crippen LogP) is 3.10. The van der Waals surface area contributed by atoms with Crippen LogP contribution in [-0.4, -0.2) is 23.9 Å². The summed E-state index contributed by atoms with van der Waals surface area (Å²) in [6.07, 6.45) is 2.89. The lowest BCUT2D eigenvalue weighted by Gasteiger charge is -2.40. The predicted molar refractivity (Wildman–Crippen MR) is 69.1 cm³/mol. The molecule has 2 aliphatic rings. The molecule has 0 aliphatic carbocycles. The zero-order valence-electron chi connectivity index (χ0n) is 10.2. The zero-order chi connectivity index (χ0) is 12.6. The maximum atomic E-state index is 10.3. The lowest BCUT2D eigenvalue weighted by Crippen LogP contribution is -2.41. The topological polar surface area (TPSA) is 38.7 Å². The highest BCUT2D eigenvalue weighted by atomic mass is 35.5. The molecule has 2 unspecified atom stereocenters. The largest absolute Gasteiger partial charge is 0.487 e. The number of halogens is 1. The van der Waals surface area contributed by atoms with Crippen molar-refractivity contribution in [1.29, 1.82) is 0 Å². The van der Waals surface area contributed by atoms with Gasteiger partial charge in [0.2, 0.25) is 0 Å². The molecule has 2 aliphatic heterocycles. The van der Waals surface area contributed by atoms with E-state index in [1.807, 2.05) is 6.07 Å². The molecule has 0 aromatic heterocycles. The lowest BCUT2D eigenvalue weighted by atomic mass is 9.83. The van der Waals surface area contributed by atoms with Crippen LogP contribution in [0.15, 0.2) is 18.2 Å². The van der Waals surface area contributed by atoms with Gasteiger partial charge >= 0.3 is 0 Å². The number of hydrogen-bond acceptors (Lipinski definition) is 3. The smallest absolute Gasteiger partial charge is 0.126 e. The van der Waals surface area contributed by atoms with E-state index in [2.05, 4.69) is 0 Å². The molecule has 0 saturated carbocycles. The monoisotopic (exact) mass is 268 g/mol. The first-order chi connectivity index (χ1) is 8.69. The molecule has 1 aromatic carbocycles. The van der Waals surface area contributed by atoms with Crippen LogP contribution >= 0.6 is 11.6 Å². The molecule has 1 spiro atoms. The van der Waals surface area contributed by atoms with Gasteiger partial charge in [-0.1, -0.05) is 11.6 Å². The van der Waals surface area contributed by atoms with E-state index in [1.54, 1.807) is 12.1 Å². The van der Waals surface area contributed by atoms with Gasteiger partial charge < -0.3 is 14.6 Å². The van der Waals surface area contributed by atoms with Gasteiger partial charge in [-0.15, -0.1) is 0 Å². The Bertz CT molecular complexity index is 439. The summed E-state index contributed by atoms with van der Waals surface area (Å²) in [7, 11) is 0. The van der Waals surface area contributed by atoms with Crippen LogP contribution in [-0.2, 0) is 4.74 Å². The Morgan fingerprint density at radius 3 is 3.06 bits per heavy atom. The molecule has 18 heavy (non-hydrogen) atoms. The third-order valence-electron chi connectivity index (χ3n) is 3.85. The summed E-state index contributed by atoms with van der Waals surface area (Å²) < 4.78 is 11.6. The van der Waals surface area contributed by atoms with Gasteiger partial charge in [0, 0.05) is 30.0 Å². The first kappa shape index (κ1) is 12.3. The van der Waals surface area contributed by atoms with Gasteiger partial charge in [-0.25, -0.2) is 0 Å². The molecule has 98 valence electrons. The van der Waals surface area contributed by atoms with Crippen LogP contribution in [0.4, 0.5) is 0 Å². The highest BCUT2D eigenvalue weighted by Crippen LogP contribution is 2.44. The van der Waals surface area contributed by atoms with E-state index in [9.17, 15) is 5.11 Å². The van der Waals surface area contributed by atoms with Crippen molar-refractivity contribution in [1.82, 2.24) is 0 Å². The fourth-order valence-corrected chi connectivity index (χ4v) is 3.08. The van der Waals surface area contributed by atoms with Crippen LogP contribution in [0.5, 0.6) is 5.75 Å². The molecule has 0 bridgehead atoms. The molecule has 4 heteroatoms. The Morgan fingerprint density at radius 1 is 1.28 bits per heavy atom. The van der Waals surface area contributed by atoms with Gasteiger partial charge in [0.05, 0.1) is 12.7 Å². The standard InChI is InChI=1S/C14H17ClO3/c15-10-2-3-13-11(8-10)12(16)9-14(18-13)4-1-6-17-7-5-14/h2-3,8,12,16H,1,4-7,9H2.